The molecule has 1 aliphatic carbocycles. The van der Waals surface area contributed by atoms with Gasteiger partial charge in [-0.05, 0) is 0 Å². The lowest BCUT2D eigenvalue weighted by Crippen LogP contribution is -2.23. The van der Waals surface area contributed by atoms with Crippen LogP contribution in [0.25, 0.3) is 0 Å². The van der Waals surface area contributed by atoms with Crippen molar-refractivity contribution in [3.8, 4) is 0 Å². The normalized spacial score (nSPS) is 28.3. The van der Waals surface area contributed by atoms with Crippen molar-refractivity contribution in [1.29, 1.82) is 0 Å². The Labute approximate surface area is 71.3 Å². The topological polar surface area (TPSA) is 26.0 Å². The number of rotatable bonds is 0. The molecular formula is C6H6Br2N. The van der Waals surface area contributed by atoms with Gasteiger partial charge in [0.1, 0.15) is 0 Å². The maximum absolute atomic E-state index is 5.63. The summed E-state index contributed by atoms with van der Waals surface area (Å²) in [5.41, 5.74) is 5.63. The summed E-state index contributed by atoms with van der Waals surface area (Å²) in [6.45, 7) is 0. The minimum absolute atomic E-state index is 0.0179. The summed E-state index contributed by atoms with van der Waals surface area (Å²) in [5, 5.41) is 0. The third-order valence-corrected chi connectivity index (χ3v) is 3.26. The van der Waals surface area contributed by atoms with Crippen LogP contribution in [0.4, 0.5) is 0 Å². The highest BCUT2D eigenvalue weighted by Crippen LogP contribution is 2.31. The Kier molecular flexibility index (Phi) is 2.50. The maximum atomic E-state index is 5.63. The highest BCUT2D eigenvalue weighted by molar-refractivity contribution is 9.14. The molecule has 0 bridgehead atoms. The molecule has 1 atom stereocenters. The molecule has 9 heavy (non-hydrogen) atoms. The zero-order valence-corrected chi connectivity index (χ0v) is 7.81. The van der Waals surface area contributed by atoms with E-state index in [1.54, 1.807) is 0 Å². The molecule has 0 aromatic carbocycles. The summed E-state index contributed by atoms with van der Waals surface area (Å²) in [4.78, 5) is 1.00. The van der Waals surface area contributed by atoms with E-state index in [1.165, 1.54) is 0 Å². The number of allylic oxidation sites excluding steroid dienone is 2. The van der Waals surface area contributed by atoms with E-state index in [-0.39, 0.29) is 6.04 Å². The molecule has 0 aromatic rings. The molecule has 1 aliphatic rings. The summed E-state index contributed by atoms with van der Waals surface area (Å²) in [7, 11) is 0. The van der Waals surface area contributed by atoms with E-state index in [4.69, 9.17) is 5.73 Å². The van der Waals surface area contributed by atoms with Crippen molar-refractivity contribution in [2.24, 2.45) is 5.73 Å². The Morgan fingerprint density at radius 2 is 2.11 bits per heavy atom. The standard InChI is InChI=1S/C6H6Br2N/c7-4-2-1-3-5(9)6(4)8/h1-3,5H,9H2. The predicted octanol–water partition coefficient (Wildman–Crippen LogP) is 2.09. The van der Waals surface area contributed by atoms with Crippen LogP contribution in [0.3, 0.4) is 0 Å². The molecule has 0 saturated carbocycles. The van der Waals surface area contributed by atoms with E-state index in [0.29, 0.717) is 0 Å². The minimum Gasteiger partial charge on any atom is -0.323 e. The third-order valence-electron chi connectivity index (χ3n) is 1.08. The Bertz CT molecular complexity index is 162. The van der Waals surface area contributed by atoms with Crippen molar-refractivity contribution in [2.75, 3.05) is 0 Å². The first kappa shape index (κ1) is 7.51. The predicted molar refractivity (Wildman–Crippen MR) is 46.3 cm³/mol. The lowest BCUT2D eigenvalue weighted by Gasteiger charge is -2.15. The highest BCUT2D eigenvalue weighted by Gasteiger charge is 2.17. The number of halogens is 2. The second kappa shape index (κ2) is 2.99. The number of hydrogen-bond donors (Lipinski definition) is 1. The highest BCUT2D eigenvalue weighted by atomic mass is 79.9. The molecule has 0 saturated heterocycles. The van der Waals surface area contributed by atoms with Gasteiger partial charge in [0.15, 0.2) is 0 Å². The van der Waals surface area contributed by atoms with E-state index in [2.05, 4.69) is 31.9 Å². The maximum Gasteiger partial charge on any atom is 0.0973 e. The molecule has 0 amide bonds. The van der Waals surface area contributed by atoms with Crippen LogP contribution in [0.2, 0.25) is 0 Å². The fourth-order valence-corrected chi connectivity index (χ4v) is 1.28. The Morgan fingerprint density at radius 1 is 1.44 bits per heavy atom. The van der Waals surface area contributed by atoms with E-state index in [0.717, 1.165) is 9.31 Å². The quantitative estimate of drug-likeness (QED) is 0.701. The van der Waals surface area contributed by atoms with Crippen LogP contribution in [0, 0.1) is 4.83 Å². The SMILES string of the molecule is NC1C=CC=C(Br)[C]1Br. The van der Waals surface area contributed by atoms with Gasteiger partial charge in [-0.2, -0.15) is 0 Å². The zero-order valence-electron chi connectivity index (χ0n) is 4.64. The Morgan fingerprint density at radius 3 is 2.56 bits per heavy atom. The molecule has 0 aliphatic heterocycles. The van der Waals surface area contributed by atoms with E-state index in [9.17, 15) is 0 Å². The molecule has 3 heteroatoms. The molecular weight excluding hydrogens is 246 g/mol. The van der Waals surface area contributed by atoms with Crippen molar-refractivity contribution in [3.63, 3.8) is 0 Å². The largest absolute Gasteiger partial charge is 0.323 e. The Hall–Kier alpha value is 0.400. The van der Waals surface area contributed by atoms with Gasteiger partial charge in [-0.25, -0.2) is 0 Å². The lowest BCUT2D eigenvalue weighted by molar-refractivity contribution is 0.945. The second-order valence-corrected chi connectivity index (χ2v) is 3.48. The van der Waals surface area contributed by atoms with Gasteiger partial charge in [0.05, 0.1) is 4.83 Å². The van der Waals surface area contributed by atoms with Crippen LogP contribution < -0.4 is 5.73 Å². The molecule has 1 unspecified atom stereocenters. The molecule has 1 rings (SSSR count). The fourth-order valence-electron chi connectivity index (χ4n) is 0.583. The Balaban J connectivity index is 2.73. The molecule has 0 spiro atoms. The molecule has 0 heterocycles. The molecule has 0 fully saturated rings. The molecule has 1 radical (unpaired) electrons. The number of hydrogen-bond acceptors (Lipinski definition) is 1. The van der Waals surface area contributed by atoms with Gasteiger partial charge in [0, 0.05) is 10.5 Å². The van der Waals surface area contributed by atoms with Gasteiger partial charge in [-0.3, -0.25) is 0 Å². The van der Waals surface area contributed by atoms with Crippen LogP contribution in [0.15, 0.2) is 22.7 Å². The van der Waals surface area contributed by atoms with Gasteiger partial charge in [-0.1, -0.05) is 50.1 Å². The fraction of sp³-hybridized carbons (Fsp3) is 0.167. The number of nitrogens with two attached hydrogens (primary N) is 1. The van der Waals surface area contributed by atoms with Crippen LogP contribution in [-0.2, 0) is 0 Å². The van der Waals surface area contributed by atoms with E-state index >= 15 is 0 Å². The summed E-state index contributed by atoms with van der Waals surface area (Å²) in [6.07, 6.45) is 5.81. The first-order valence-corrected chi connectivity index (χ1v) is 4.12. The van der Waals surface area contributed by atoms with Crippen molar-refractivity contribution < 1.29 is 0 Å². The summed E-state index contributed by atoms with van der Waals surface area (Å²) in [5.74, 6) is 0. The smallest absolute Gasteiger partial charge is 0.0973 e. The second-order valence-electron chi connectivity index (χ2n) is 1.77. The zero-order chi connectivity index (χ0) is 6.85. The van der Waals surface area contributed by atoms with Crippen LogP contribution in [0.1, 0.15) is 0 Å². The van der Waals surface area contributed by atoms with Crippen LogP contribution in [0.5, 0.6) is 0 Å². The molecule has 2 N–H and O–H groups in total. The average Bonchev–Trinajstić information content (AvgIpc) is 1.83. The van der Waals surface area contributed by atoms with Gasteiger partial charge < -0.3 is 5.73 Å². The van der Waals surface area contributed by atoms with Crippen molar-refractivity contribution in [2.45, 2.75) is 6.04 Å². The third kappa shape index (κ3) is 1.66. The lowest BCUT2D eigenvalue weighted by atomic mass is 10.1. The van der Waals surface area contributed by atoms with Gasteiger partial charge in [0.25, 0.3) is 0 Å². The van der Waals surface area contributed by atoms with Gasteiger partial charge >= 0.3 is 0 Å². The van der Waals surface area contributed by atoms with Crippen molar-refractivity contribution in [3.05, 3.63) is 27.5 Å². The van der Waals surface area contributed by atoms with E-state index < -0.39 is 0 Å². The van der Waals surface area contributed by atoms with Crippen LogP contribution in [-0.4, -0.2) is 6.04 Å². The molecule has 1 nitrogen and oxygen atoms in total. The first-order chi connectivity index (χ1) is 4.22. The van der Waals surface area contributed by atoms with Gasteiger partial charge in [-0.15, -0.1) is 0 Å². The molecule has 49 valence electrons. The van der Waals surface area contributed by atoms with Crippen molar-refractivity contribution >= 4 is 31.9 Å². The summed E-state index contributed by atoms with van der Waals surface area (Å²) in [6, 6.07) is 0.0179. The summed E-state index contributed by atoms with van der Waals surface area (Å²) < 4.78 is 1.03. The monoisotopic (exact) mass is 250 g/mol. The first-order valence-electron chi connectivity index (χ1n) is 2.54. The minimum atomic E-state index is 0.0179. The van der Waals surface area contributed by atoms with Crippen LogP contribution >= 0.6 is 31.9 Å². The summed E-state index contributed by atoms with van der Waals surface area (Å²) >= 11 is 6.68. The van der Waals surface area contributed by atoms with E-state index in [1.807, 2.05) is 18.2 Å². The molecule has 0 aromatic heterocycles. The average molecular weight is 252 g/mol. The van der Waals surface area contributed by atoms with Gasteiger partial charge in [0.2, 0.25) is 0 Å². The van der Waals surface area contributed by atoms with Crippen molar-refractivity contribution in [1.82, 2.24) is 0 Å².